The van der Waals surface area contributed by atoms with Crippen molar-refractivity contribution in [1.82, 2.24) is 4.90 Å². The van der Waals surface area contributed by atoms with Gasteiger partial charge in [-0.05, 0) is 69.9 Å². The Balaban J connectivity index is 1.57. The Morgan fingerprint density at radius 1 is 0.929 bits per heavy atom. The molecule has 4 aliphatic rings. The van der Waals surface area contributed by atoms with Crippen LogP contribution < -0.4 is 4.90 Å². The summed E-state index contributed by atoms with van der Waals surface area (Å²) in [6.45, 7) is 7.36. The van der Waals surface area contributed by atoms with E-state index in [1.165, 1.54) is 69.0 Å². The van der Waals surface area contributed by atoms with Crippen molar-refractivity contribution in [1.29, 1.82) is 0 Å². The minimum absolute atomic E-state index is 0.240. The molecule has 2 heterocycles. The summed E-state index contributed by atoms with van der Waals surface area (Å²) in [7, 11) is 0. The van der Waals surface area contributed by atoms with Gasteiger partial charge in [-0.25, -0.2) is 0 Å². The number of anilines is 1. The van der Waals surface area contributed by atoms with Crippen LogP contribution in [0.25, 0.3) is 0 Å². The predicted octanol–water partition coefficient (Wildman–Crippen LogP) is 6.30. The van der Waals surface area contributed by atoms with E-state index in [0.717, 1.165) is 11.8 Å². The second kappa shape index (κ2) is 7.20. The number of para-hydroxylation sites is 1. The first-order valence-corrected chi connectivity index (χ1v) is 11.9. The predicted molar refractivity (Wildman–Crippen MR) is 119 cm³/mol. The molecular weight excluding hydrogens is 340 g/mol. The van der Waals surface area contributed by atoms with Crippen molar-refractivity contribution in [2.45, 2.75) is 102 Å². The number of hydrogen-bond acceptors (Lipinski definition) is 2. The molecule has 0 aromatic heterocycles. The molecule has 0 N–H and O–H groups in total. The van der Waals surface area contributed by atoms with Crippen LogP contribution in [-0.2, 0) is 0 Å². The molecule has 2 heteroatoms. The third-order valence-electron chi connectivity index (χ3n) is 8.66. The molecular formula is C26H38N2. The van der Waals surface area contributed by atoms with E-state index in [1.807, 2.05) is 0 Å². The van der Waals surface area contributed by atoms with Gasteiger partial charge >= 0.3 is 0 Å². The lowest BCUT2D eigenvalue weighted by atomic mass is 9.75. The largest absolute Gasteiger partial charge is 0.351 e. The highest BCUT2D eigenvalue weighted by atomic mass is 15.5. The maximum atomic E-state index is 3.00. The van der Waals surface area contributed by atoms with Gasteiger partial charge in [-0.15, -0.1) is 0 Å². The average molecular weight is 379 g/mol. The lowest BCUT2D eigenvalue weighted by Crippen LogP contribution is -2.57. The first-order valence-electron chi connectivity index (χ1n) is 11.9. The van der Waals surface area contributed by atoms with E-state index >= 15 is 0 Å². The van der Waals surface area contributed by atoms with E-state index in [9.17, 15) is 0 Å². The number of fused-ring (bicyclic) bond motifs is 1. The molecule has 1 saturated heterocycles. The van der Waals surface area contributed by atoms with Gasteiger partial charge in [0.1, 0.15) is 0 Å². The SMILES string of the molecule is Cc1ccccc1N1C(C2CCCC2)N2C(C=CC2(C)C2CCCCC2)[C@@H]1C. The summed E-state index contributed by atoms with van der Waals surface area (Å²) in [6.07, 6.45) is 18.6. The van der Waals surface area contributed by atoms with Gasteiger partial charge in [0.25, 0.3) is 0 Å². The molecule has 1 aromatic rings. The van der Waals surface area contributed by atoms with Gasteiger partial charge < -0.3 is 4.90 Å². The average Bonchev–Trinajstić information content (AvgIpc) is 3.42. The van der Waals surface area contributed by atoms with Crippen molar-refractivity contribution >= 4 is 5.69 Å². The number of benzene rings is 1. The van der Waals surface area contributed by atoms with Crippen LogP contribution in [0.5, 0.6) is 0 Å². The van der Waals surface area contributed by atoms with Crippen LogP contribution >= 0.6 is 0 Å². The zero-order chi connectivity index (χ0) is 19.3. The van der Waals surface area contributed by atoms with Gasteiger partial charge in [0.2, 0.25) is 0 Å². The third kappa shape index (κ3) is 2.78. The Kier molecular flexibility index (Phi) is 4.82. The quantitative estimate of drug-likeness (QED) is 0.570. The fourth-order valence-corrected chi connectivity index (χ4v) is 7.15. The first-order chi connectivity index (χ1) is 13.6. The van der Waals surface area contributed by atoms with E-state index in [1.54, 1.807) is 0 Å². The number of hydrogen-bond donors (Lipinski definition) is 0. The molecule has 3 fully saturated rings. The highest BCUT2D eigenvalue weighted by Crippen LogP contribution is 2.51. The Morgan fingerprint density at radius 2 is 1.61 bits per heavy atom. The van der Waals surface area contributed by atoms with Gasteiger partial charge in [0, 0.05) is 17.3 Å². The van der Waals surface area contributed by atoms with Crippen molar-refractivity contribution in [2.75, 3.05) is 4.90 Å². The molecule has 2 aliphatic carbocycles. The molecule has 0 amide bonds. The van der Waals surface area contributed by atoms with Crippen LogP contribution in [-0.4, -0.2) is 28.7 Å². The normalized spacial score (nSPS) is 37.1. The van der Waals surface area contributed by atoms with Crippen LogP contribution in [0.4, 0.5) is 5.69 Å². The van der Waals surface area contributed by atoms with Crippen LogP contribution in [0, 0.1) is 18.8 Å². The molecule has 28 heavy (non-hydrogen) atoms. The summed E-state index contributed by atoms with van der Waals surface area (Å²) in [6, 6.07) is 10.2. The fraction of sp³-hybridized carbons (Fsp3) is 0.692. The molecule has 3 unspecified atom stereocenters. The van der Waals surface area contributed by atoms with Gasteiger partial charge in [-0.1, -0.05) is 62.5 Å². The third-order valence-corrected chi connectivity index (χ3v) is 8.66. The molecule has 0 radical (unpaired) electrons. The minimum Gasteiger partial charge on any atom is -0.351 e. The van der Waals surface area contributed by atoms with E-state index < -0.39 is 0 Å². The zero-order valence-corrected chi connectivity index (χ0v) is 18.1. The Labute approximate surface area is 172 Å². The van der Waals surface area contributed by atoms with Gasteiger partial charge in [-0.2, -0.15) is 0 Å². The minimum atomic E-state index is 0.240. The number of rotatable bonds is 3. The molecule has 1 aromatic carbocycles. The Hall–Kier alpha value is -1.28. The highest BCUT2D eigenvalue weighted by Gasteiger charge is 2.57. The lowest BCUT2D eigenvalue weighted by Gasteiger charge is -2.48. The molecule has 2 saturated carbocycles. The van der Waals surface area contributed by atoms with E-state index in [-0.39, 0.29) is 5.54 Å². The lowest BCUT2D eigenvalue weighted by molar-refractivity contribution is 0.0315. The number of aryl methyl sites for hydroxylation is 1. The summed E-state index contributed by atoms with van der Waals surface area (Å²) >= 11 is 0. The highest BCUT2D eigenvalue weighted by molar-refractivity contribution is 5.57. The number of nitrogens with zero attached hydrogens (tertiary/aromatic N) is 2. The summed E-state index contributed by atoms with van der Waals surface area (Å²) in [5.74, 6) is 1.64. The second-order valence-corrected chi connectivity index (χ2v) is 10.2. The smallest absolute Gasteiger partial charge is 0.0865 e. The summed E-state index contributed by atoms with van der Waals surface area (Å²) in [5, 5.41) is 0. The van der Waals surface area contributed by atoms with Crippen LogP contribution in [0.2, 0.25) is 0 Å². The van der Waals surface area contributed by atoms with Gasteiger partial charge in [0.05, 0.1) is 12.2 Å². The zero-order valence-electron chi connectivity index (χ0n) is 18.1. The maximum absolute atomic E-state index is 3.00. The molecule has 4 atom stereocenters. The summed E-state index contributed by atoms with van der Waals surface area (Å²) in [5.41, 5.74) is 3.15. The maximum Gasteiger partial charge on any atom is 0.0865 e. The second-order valence-electron chi connectivity index (χ2n) is 10.2. The van der Waals surface area contributed by atoms with Crippen molar-refractivity contribution in [2.24, 2.45) is 11.8 Å². The summed E-state index contributed by atoms with van der Waals surface area (Å²) < 4.78 is 0. The van der Waals surface area contributed by atoms with E-state index in [0.29, 0.717) is 18.2 Å². The monoisotopic (exact) mass is 378 g/mol. The van der Waals surface area contributed by atoms with E-state index in [4.69, 9.17) is 0 Å². The Bertz CT molecular complexity index is 728. The van der Waals surface area contributed by atoms with Crippen molar-refractivity contribution in [3.63, 3.8) is 0 Å². The fourth-order valence-electron chi connectivity index (χ4n) is 7.15. The van der Waals surface area contributed by atoms with Gasteiger partial charge in [0.15, 0.2) is 0 Å². The first kappa shape index (κ1) is 18.7. The van der Waals surface area contributed by atoms with Crippen molar-refractivity contribution in [3.8, 4) is 0 Å². The van der Waals surface area contributed by atoms with Crippen molar-refractivity contribution < 1.29 is 0 Å². The molecule has 5 rings (SSSR count). The molecule has 152 valence electrons. The Morgan fingerprint density at radius 3 is 2.32 bits per heavy atom. The molecule has 2 nitrogen and oxygen atoms in total. The molecule has 0 bridgehead atoms. The summed E-state index contributed by atoms with van der Waals surface area (Å²) in [4.78, 5) is 5.83. The molecule has 2 aliphatic heterocycles. The van der Waals surface area contributed by atoms with Crippen LogP contribution in [0.3, 0.4) is 0 Å². The topological polar surface area (TPSA) is 6.48 Å². The van der Waals surface area contributed by atoms with Crippen LogP contribution in [0.1, 0.15) is 77.2 Å². The van der Waals surface area contributed by atoms with E-state index in [2.05, 4.69) is 67.0 Å². The standard InChI is InChI=1S/C26H38N2/c1-19-11-7-10-16-23(19)27-20(2)24-17-18-26(3,22-14-5-4-6-15-22)28(24)25(27)21-12-8-9-13-21/h7,10-11,16-18,20-22,24-25H,4-6,8-9,12-15H2,1-3H3/t20-,24?,25?,26?/m0/s1. The van der Waals surface area contributed by atoms with Crippen molar-refractivity contribution in [3.05, 3.63) is 42.0 Å². The molecule has 0 spiro atoms. The van der Waals surface area contributed by atoms with Gasteiger partial charge in [-0.3, -0.25) is 4.90 Å². The van der Waals surface area contributed by atoms with Crippen LogP contribution in [0.15, 0.2) is 36.4 Å².